The lowest BCUT2D eigenvalue weighted by atomic mass is 10.2. The number of fused-ring (bicyclic) bond motifs is 3. The number of anilines is 5. The first-order chi connectivity index (χ1) is 24.2. The number of aromatic nitrogens is 6. The Morgan fingerprint density at radius 3 is 2.40 bits per heavy atom. The molecule has 3 atom stereocenters. The molecule has 0 bridgehead atoms. The fraction of sp³-hybridized carbons (Fsp3) is 0.312. The Morgan fingerprint density at radius 2 is 1.68 bits per heavy atom. The van der Waals surface area contributed by atoms with Crippen LogP contribution < -0.4 is 37.5 Å². The normalized spacial score (nSPS) is 21.4. The van der Waals surface area contributed by atoms with E-state index in [2.05, 4.69) is 15.7 Å². The molecule has 0 radical (unpaired) electrons. The third-order valence-corrected chi connectivity index (χ3v) is 9.52. The number of rotatable bonds is 9. The van der Waals surface area contributed by atoms with Gasteiger partial charge in [0.2, 0.25) is 11.2 Å². The Morgan fingerprint density at radius 1 is 0.980 bits per heavy atom. The number of quaternary nitrogens is 1. The van der Waals surface area contributed by atoms with E-state index in [0.29, 0.717) is 43.9 Å². The van der Waals surface area contributed by atoms with Crippen LogP contribution in [0.15, 0.2) is 75.9 Å². The Bertz CT molecular complexity index is 2230. The zero-order valence-corrected chi connectivity index (χ0v) is 28.3. The Labute approximate surface area is 290 Å². The molecule has 1 aromatic carbocycles. The fourth-order valence-corrected chi connectivity index (χ4v) is 7.22. The van der Waals surface area contributed by atoms with E-state index in [1.807, 2.05) is 43.5 Å². The van der Waals surface area contributed by atoms with Crippen LogP contribution in [0.1, 0.15) is 44.0 Å². The van der Waals surface area contributed by atoms with Gasteiger partial charge < -0.3 is 16.4 Å². The van der Waals surface area contributed by atoms with E-state index < -0.39 is 12.5 Å². The number of hydrogen-bond donors (Lipinski definition) is 3. The van der Waals surface area contributed by atoms with Gasteiger partial charge >= 0.3 is 0 Å². The number of nitrogens with one attached hydrogen (secondary N) is 2. The quantitative estimate of drug-likeness (QED) is 0.173. The van der Waals surface area contributed by atoms with Crippen LogP contribution in [0, 0.1) is 5.82 Å². The third-order valence-electron chi connectivity index (χ3n) is 9.23. The summed E-state index contributed by atoms with van der Waals surface area (Å²) in [7, 11) is 1.80. The van der Waals surface area contributed by atoms with Crippen molar-refractivity contribution in [2.24, 2.45) is 12.0 Å². The largest absolute Gasteiger partial charge is 0.369 e. The predicted molar refractivity (Wildman–Crippen MR) is 187 cm³/mol. The monoisotopic (exact) mass is 701 g/mol. The van der Waals surface area contributed by atoms with Gasteiger partial charge in [0.05, 0.1) is 25.1 Å². The van der Waals surface area contributed by atoms with Crippen LogP contribution in [0.4, 0.5) is 33.3 Å². The topological polar surface area (TPSA) is 160 Å². The minimum atomic E-state index is -0.861. The van der Waals surface area contributed by atoms with Crippen LogP contribution >= 0.6 is 11.6 Å². The van der Waals surface area contributed by atoms with Crippen molar-refractivity contribution in [2.75, 3.05) is 26.4 Å². The molecule has 258 valence electrons. The Balaban J connectivity index is 1.36. The van der Waals surface area contributed by atoms with Crippen LogP contribution in [0.3, 0.4) is 0 Å². The number of hydrogen-bond acceptors (Lipinski definition) is 12. The molecule has 0 amide bonds. The van der Waals surface area contributed by atoms with E-state index in [-0.39, 0.29) is 55.8 Å². The van der Waals surface area contributed by atoms with Gasteiger partial charge in [0, 0.05) is 38.0 Å². The summed E-state index contributed by atoms with van der Waals surface area (Å²) in [6.07, 6.45) is 10.6. The minimum Gasteiger partial charge on any atom is -0.369 e. The summed E-state index contributed by atoms with van der Waals surface area (Å²) in [5.74, 6) is 0.799. The molecule has 0 spiro atoms. The highest BCUT2D eigenvalue weighted by atomic mass is 35.5. The van der Waals surface area contributed by atoms with Crippen molar-refractivity contribution in [2.45, 2.75) is 58.8 Å². The summed E-state index contributed by atoms with van der Waals surface area (Å²) in [4.78, 5) is 42.5. The fourth-order valence-electron chi connectivity index (χ4n) is 6.98. The number of hydrazine groups is 1. The first-order valence-electron chi connectivity index (χ1n) is 16.3. The van der Waals surface area contributed by atoms with Crippen LogP contribution in [-0.2, 0) is 26.7 Å². The molecule has 0 saturated carbocycles. The minimum absolute atomic E-state index is 0.00719. The van der Waals surface area contributed by atoms with E-state index >= 15 is 0 Å². The van der Waals surface area contributed by atoms with Gasteiger partial charge in [-0.15, -0.1) is 4.59 Å². The molecular formula is C32H35ClFN14O2+. The SMILES string of the molecule is CCCn1c(N)nc2c(c1=O)NC(c1cnn(C)c1)N2N1c2nc(Cl)n(CCC)c(=O)c2NC1[N+]12C=CN=C1C=CN2Cc1ccc(F)cc1. The van der Waals surface area contributed by atoms with E-state index in [0.717, 1.165) is 5.56 Å². The molecule has 4 aliphatic heterocycles. The molecule has 0 saturated heterocycles. The Kier molecular flexibility index (Phi) is 7.41. The molecule has 3 unspecified atom stereocenters. The molecule has 16 nitrogen and oxygen atoms in total. The summed E-state index contributed by atoms with van der Waals surface area (Å²) in [6.45, 7) is 4.99. The molecule has 18 heteroatoms. The van der Waals surface area contributed by atoms with Crippen molar-refractivity contribution in [3.63, 3.8) is 0 Å². The van der Waals surface area contributed by atoms with Crippen molar-refractivity contribution in [1.29, 1.82) is 0 Å². The summed E-state index contributed by atoms with van der Waals surface area (Å²) in [5.41, 5.74) is 7.75. The van der Waals surface area contributed by atoms with E-state index in [4.69, 9.17) is 32.3 Å². The highest BCUT2D eigenvalue weighted by Gasteiger charge is 2.60. The number of amidine groups is 1. The standard InChI is InChI=1S/C32H34ClFN14O2/c1-4-12-44-28(49)24-26(40-30(44)33)47(32(39-24)48-15-11-36-22(48)10-14-43(48)17-19-6-8-21(34)9-7-19)46-25(20-16-37-42(3)18-20)38-23-27(46)41-31(35)45(13-5-2)29(23)50/h6-11,14-16,18,25,32,38-39H,4-5,12-13,17H2,1-3H3,(H-,35,41,50)/p+1. The van der Waals surface area contributed by atoms with Gasteiger partial charge in [-0.1, -0.05) is 26.0 Å². The van der Waals surface area contributed by atoms with Crippen molar-refractivity contribution in [3.8, 4) is 0 Å². The smallest absolute Gasteiger partial charge is 0.296 e. The average molecular weight is 702 g/mol. The number of aliphatic imine (C=N–C) groups is 1. The number of benzene rings is 1. The predicted octanol–water partition coefficient (Wildman–Crippen LogP) is 3.43. The van der Waals surface area contributed by atoms with Crippen molar-refractivity contribution < 1.29 is 8.98 Å². The molecule has 4 aliphatic rings. The van der Waals surface area contributed by atoms with E-state index in [9.17, 15) is 14.0 Å². The molecule has 7 heterocycles. The van der Waals surface area contributed by atoms with Gasteiger partial charge in [-0.2, -0.15) is 25.1 Å². The summed E-state index contributed by atoms with van der Waals surface area (Å²) >= 11 is 6.76. The number of nitrogen functional groups attached to an aromatic ring is 1. The average Bonchev–Trinajstić information content (AvgIpc) is 3.91. The maximum Gasteiger partial charge on any atom is 0.296 e. The van der Waals surface area contributed by atoms with Crippen LogP contribution in [0.25, 0.3) is 0 Å². The lowest BCUT2D eigenvalue weighted by Crippen LogP contribution is -2.69. The lowest BCUT2D eigenvalue weighted by Gasteiger charge is -2.46. The highest BCUT2D eigenvalue weighted by Crippen LogP contribution is 2.48. The number of nitrogens with zero attached hydrogens (tertiary/aromatic N) is 11. The molecule has 0 fully saturated rings. The zero-order chi connectivity index (χ0) is 34.9. The Hall–Kier alpha value is -5.68. The lowest BCUT2D eigenvalue weighted by molar-refractivity contribution is -0.919. The maximum absolute atomic E-state index is 14.2. The van der Waals surface area contributed by atoms with Gasteiger partial charge in [-0.3, -0.25) is 23.4 Å². The molecule has 3 aromatic heterocycles. The van der Waals surface area contributed by atoms with Gasteiger partial charge in [-0.05, 0) is 42.1 Å². The summed E-state index contributed by atoms with van der Waals surface area (Å²) in [5, 5.41) is 16.9. The highest BCUT2D eigenvalue weighted by molar-refractivity contribution is 6.28. The second-order valence-electron chi connectivity index (χ2n) is 12.4. The van der Waals surface area contributed by atoms with Crippen molar-refractivity contribution in [3.05, 3.63) is 104 Å². The molecule has 8 rings (SSSR count). The second-order valence-corrected chi connectivity index (χ2v) is 12.8. The van der Waals surface area contributed by atoms with E-state index in [1.54, 1.807) is 46.3 Å². The molecule has 4 N–H and O–H groups in total. The van der Waals surface area contributed by atoms with Crippen LogP contribution in [0.2, 0.25) is 5.28 Å². The number of nitrogens with two attached hydrogens (primary N) is 1. The van der Waals surface area contributed by atoms with Gasteiger partial charge in [0.25, 0.3) is 23.2 Å². The molecule has 4 aromatic rings. The third kappa shape index (κ3) is 4.60. The first-order valence-corrected chi connectivity index (χ1v) is 16.7. The van der Waals surface area contributed by atoms with E-state index in [1.165, 1.54) is 21.3 Å². The second kappa shape index (κ2) is 11.7. The zero-order valence-electron chi connectivity index (χ0n) is 27.5. The van der Waals surface area contributed by atoms with Gasteiger partial charge in [0.15, 0.2) is 23.5 Å². The number of aryl methyl sites for hydroxylation is 1. The summed E-state index contributed by atoms with van der Waals surface area (Å²) < 4.78 is 18.4. The number of halogens is 2. The van der Waals surface area contributed by atoms with Crippen LogP contribution in [0.5, 0.6) is 0 Å². The van der Waals surface area contributed by atoms with Gasteiger partial charge in [0.1, 0.15) is 17.7 Å². The molecular weight excluding hydrogens is 667 g/mol. The maximum atomic E-state index is 14.2. The summed E-state index contributed by atoms with van der Waals surface area (Å²) in [6, 6.07) is 6.28. The molecule has 50 heavy (non-hydrogen) atoms. The van der Waals surface area contributed by atoms with Crippen molar-refractivity contribution in [1.82, 2.24) is 33.9 Å². The van der Waals surface area contributed by atoms with Crippen LogP contribution in [-0.4, -0.2) is 50.6 Å². The first kappa shape index (κ1) is 31.6. The molecule has 0 aliphatic carbocycles. The van der Waals surface area contributed by atoms with Gasteiger partial charge in [-0.25, -0.2) is 14.4 Å². The van der Waals surface area contributed by atoms with Crippen molar-refractivity contribution >= 4 is 46.4 Å².